The molecule has 0 spiro atoms. The molecule has 0 bridgehead atoms. The van der Waals surface area contributed by atoms with Gasteiger partial charge in [0, 0.05) is 23.1 Å². The molecule has 256 valence electrons. The molecule has 0 aliphatic carbocycles. The van der Waals surface area contributed by atoms with E-state index in [1.807, 2.05) is 0 Å². The van der Waals surface area contributed by atoms with Crippen LogP contribution in [0.25, 0.3) is 0 Å². The van der Waals surface area contributed by atoms with Crippen molar-refractivity contribution in [2.75, 3.05) is 4.90 Å². The summed E-state index contributed by atoms with van der Waals surface area (Å²) in [6.45, 7) is 27.8. The molecule has 4 aliphatic heterocycles. The Morgan fingerprint density at radius 2 is 0.725 bits per heavy atom. The molecule has 0 radical (unpaired) electrons. The number of benzene rings is 5. The molecular formula is C46H49B2NO2. The van der Waals surface area contributed by atoms with Crippen LogP contribution in [0.5, 0.6) is 23.0 Å². The highest BCUT2D eigenvalue weighted by Gasteiger charge is 2.51. The Morgan fingerprint density at radius 3 is 1.08 bits per heavy atom. The van der Waals surface area contributed by atoms with Gasteiger partial charge in [-0.05, 0) is 101 Å². The van der Waals surface area contributed by atoms with Gasteiger partial charge >= 0.3 is 0 Å². The number of hydrogen-bond donors (Lipinski definition) is 0. The van der Waals surface area contributed by atoms with E-state index in [0.717, 1.165) is 23.0 Å². The highest BCUT2D eigenvalue weighted by molar-refractivity contribution is 7.03. The second kappa shape index (κ2) is 10.1. The van der Waals surface area contributed by atoms with E-state index >= 15 is 0 Å². The number of nitrogens with zero attached hydrogens (tertiary/aromatic N) is 1. The third-order valence-corrected chi connectivity index (χ3v) is 11.8. The van der Waals surface area contributed by atoms with Crippen molar-refractivity contribution < 1.29 is 9.47 Å². The maximum Gasteiger partial charge on any atom is 0.256 e. The molecule has 51 heavy (non-hydrogen) atoms. The van der Waals surface area contributed by atoms with Crippen LogP contribution in [0.15, 0.2) is 78.9 Å². The Hall–Kier alpha value is -4.37. The number of hydrogen-bond acceptors (Lipinski definition) is 3. The van der Waals surface area contributed by atoms with E-state index < -0.39 is 0 Å². The van der Waals surface area contributed by atoms with Crippen LogP contribution in [0.1, 0.15) is 105 Å². The second-order valence-electron chi connectivity index (χ2n) is 19.5. The molecule has 0 aromatic heterocycles. The van der Waals surface area contributed by atoms with Gasteiger partial charge in [-0.15, -0.1) is 0 Å². The second-order valence-corrected chi connectivity index (χ2v) is 19.5. The van der Waals surface area contributed by atoms with Crippen molar-refractivity contribution in [3.8, 4) is 23.0 Å². The molecule has 0 amide bonds. The molecule has 0 atom stereocenters. The predicted molar refractivity (Wildman–Crippen MR) is 218 cm³/mol. The number of rotatable bonds is 0. The van der Waals surface area contributed by atoms with E-state index in [1.165, 1.54) is 72.1 Å². The SMILES string of the molecule is CC(C)(C)c1ccc2c(c1)B1c3cc(C(C)(C)C)ccc3N3c4ccc(C(C)(C)C)cc4B4c5cc(C(C)(C)C)ccc5Oc5cc(c1c3c54)O2. The summed E-state index contributed by atoms with van der Waals surface area (Å²) in [5, 5.41) is 0. The van der Waals surface area contributed by atoms with Gasteiger partial charge in [-0.1, -0.05) is 132 Å². The molecule has 4 aliphatic rings. The van der Waals surface area contributed by atoms with Crippen molar-refractivity contribution in [2.24, 2.45) is 0 Å². The predicted octanol–water partition coefficient (Wildman–Crippen LogP) is 8.22. The molecule has 5 aromatic carbocycles. The summed E-state index contributed by atoms with van der Waals surface area (Å²) >= 11 is 0. The molecule has 5 heteroatoms. The largest absolute Gasteiger partial charge is 0.458 e. The van der Waals surface area contributed by atoms with Crippen molar-refractivity contribution in [2.45, 2.75) is 105 Å². The summed E-state index contributed by atoms with van der Waals surface area (Å²) in [7, 11) is 0. The lowest BCUT2D eigenvalue weighted by Crippen LogP contribution is -2.67. The lowest BCUT2D eigenvalue weighted by Gasteiger charge is -2.47. The zero-order valence-corrected chi connectivity index (χ0v) is 32.4. The quantitative estimate of drug-likeness (QED) is 0.152. The highest BCUT2D eigenvalue weighted by atomic mass is 16.5. The standard InChI is InChI=1S/C46H49B2NO2/c1-43(2,3)26-13-17-34-30(21-26)47-32-23-28(45(7,8)9)15-19-36(32)50-38-25-39-41-42(40(38)47)49(34)35-18-14-27(44(4,5)6)22-31(35)48(41)33-24-29(46(10,11)12)16-20-37(33)51-39/h13-25H,1-12H3. The zero-order chi connectivity index (χ0) is 36.2. The van der Waals surface area contributed by atoms with Crippen LogP contribution in [0.2, 0.25) is 0 Å². The fourth-order valence-electron chi connectivity index (χ4n) is 8.76. The first-order valence-corrected chi connectivity index (χ1v) is 18.7. The average Bonchev–Trinajstić information content (AvgIpc) is 3.04. The molecule has 9 rings (SSSR count). The van der Waals surface area contributed by atoms with E-state index in [2.05, 4.69) is 167 Å². The fraction of sp³-hybridized carbons (Fsp3) is 0.348. The summed E-state index contributed by atoms with van der Waals surface area (Å²) in [5.41, 5.74) is 16.7. The van der Waals surface area contributed by atoms with Gasteiger partial charge in [0.25, 0.3) is 13.4 Å². The minimum Gasteiger partial charge on any atom is -0.458 e. The first kappa shape index (κ1) is 32.5. The Labute approximate surface area is 305 Å². The van der Waals surface area contributed by atoms with E-state index in [-0.39, 0.29) is 35.1 Å². The van der Waals surface area contributed by atoms with Gasteiger partial charge in [0.2, 0.25) is 0 Å². The van der Waals surface area contributed by atoms with Crippen molar-refractivity contribution in [1.29, 1.82) is 0 Å². The van der Waals surface area contributed by atoms with Crippen LogP contribution >= 0.6 is 0 Å². The van der Waals surface area contributed by atoms with Crippen LogP contribution in [0, 0.1) is 0 Å². The monoisotopic (exact) mass is 669 g/mol. The third-order valence-electron chi connectivity index (χ3n) is 11.8. The number of fused-ring (bicyclic) bond motifs is 10. The minimum absolute atomic E-state index is 0.00403. The Morgan fingerprint density at radius 1 is 0.392 bits per heavy atom. The summed E-state index contributed by atoms with van der Waals surface area (Å²) in [6, 6.07) is 30.4. The van der Waals surface area contributed by atoms with E-state index in [1.54, 1.807) is 0 Å². The molecule has 0 N–H and O–H groups in total. The minimum atomic E-state index is 0.00403. The van der Waals surface area contributed by atoms with E-state index in [4.69, 9.17) is 9.47 Å². The normalized spacial score (nSPS) is 15.3. The van der Waals surface area contributed by atoms with Crippen LogP contribution in [-0.4, -0.2) is 13.4 Å². The van der Waals surface area contributed by atoms with Crippen LogP contribution in [0.3, 0.4) is 0 Å². The lowest BCUT2D eigenvalue weighted by molar-refractivity contribution is 0.465. The van der Waals surface area contributed by atoms with Gasteiger partial charge < -0.3 is 14.4 Å². The van der Waals surface area contributed by atoms with Crippen molar-refractivity contribution in [1.82, 2.24) is 0 Å². The van der Waals surface area contributed by atoms with Gasteiger partial charge in [0.15, 0.2) is 0 Å². The van der Waals surface area contributed by atoms with Crippen LogP contribution < -0.4 is 47.2 Å². The Bertz CT molecular complexity index is 2170. The highest BCUT2D eigenvalue weighted by Crippen LogP contribution is 2.47. The molecular weight excluding hydrogens is 620 g/mol. The van der Waals surface area contributed by atoms with E-state index in [0.29, 0.717) is 0 Å². The Balaban J connectivity index is 1.41. The summed E-state index contributed by atoms with van der Waals surface area (Å²) < 4.78 is 14.0. The lowest BCUT2D eigenvalue weighted by atomic mass is 9.29. The topological polar surface area (TPSA) is 21.7 Å². The molecule has 5 aromatic rings. The fourth-order valence-corrected chi connectivity index (χ4v) is 8.76. The van der Waals surface area contributed by atoms with Gasteiger partial charge in [-0.3, -0.25) is 0 Å². The van der Waals surface area contributed by atoms with Crippen molar-refractivity contribution in [3.05, 3.63) is 101 Å². The number of anilines is 3. The maximum atomic E-state index is 6.98. The first-order chi connectivity index (χ1) is 23.8. The van der Waals surface area contributed by atoms with Gasteiger partial charge in [0.1, 0.15) is 23.0 Å². The molecule has 0 saturated heterocycles. The maximum absolute atomic E-state index is 6.98. The van der Waals surface area contributed by atoms with Gasteiger partial charge in [-0.25, -0.2) is 0 Å². The Kier molecular flexibility index (Phi) is 6.47. The zero-order valence-electron chi connectivity index (χ0n) is 32.4. The van der Waals surface area contributed by atoms with Crippen molar-refractivity contribution in [3.63, 3.8) is 0 Å². The van der Waals surface area contributed by atoms with Gasteiger partial charge in [0.05, 0.1) is 0 Å². The van der Waals surface area contributed by atoms with Crippen molar-refractivity contribution >= 4 is 63.3 Å². The molecule has 3 nitrogen and oxygen atoms in total. The number of ether oxygens (including phenoxy) is 2. The van der Waals surface area contributed by atoms with E-state index in [9.17, 15) is 0 Å². The summed E-state index contributed by atoms with van der Waals surface area (Å²) in [5.74, 6) is 3.65. The van der Waals surface area contributed by atoms with Gasteiger partial charge in [-0.2, -0.15) is 0 Å². The average molecular weight is 670 g/mol. The first-order valence-electron chi connectivity index (χ1n) is 18.7. The van der Waals surface area contributed by atoms with Crippen LogP contribution in [-0.2, 0) is 21.7 Å². The third kappa shape index (κ3) is 4.72. The molecule has 0 unspecified atom stereocenters. The van der Waals surface area contributed by atoms with Crippen LogP contribution in [0.4, 0.5) is 17.1 Å². The summed E-state index contributed by atoms with van der Waals surface area (Å²) in [6.07, 6.45) is 0. The molecule has 0 fully saturated rings. The smallest absolute Gasteiger partial charge is 0.256 e. The summed E-state index contributed by atoms with van der Waals surface area (Å²) in [4.78, 5) is 2.55. The molecule has 0 saturated carbocycles. The molecule has 4 heterocycles.